The number of benzene rings is 1. The number of halogens is 1. The van der Waals surface area contributed by atoms with Gasteiger partial charge in [-0.15, -0.1) is 0 Å². The molecule has 2 fully saturated rings. The van der Waals surface area contributed by atoms with Gasteiger partial charge in [0, 0.05) is 17.2 Å². The Morgan fingerprint density at radius 3 is 2.68 bits per heavy atom. The molecule has 1 heterocycles. The predicted octanol–water partition coefficient (Wildman–Crippen LogP) is 3.06. The van der Waals surface area contributed by atoms with E-state index in [1.807, 2.05) is 6.07 Å². The standard InChI is InChI=1S/C15H14ClNO2/c16-12-6-13-9(5-14(18)17-13)4-11(12)15(19)10-2-7-1-8(7)3-10/h4,6-8,10H,1-3,5H2,(H,17,18). The SMILES string of the molecule is O=C1Cc2cc(C(=O)C3CC4CC4C3)c(Cl)cc2N1. The summed E-state index contributed by atoms with van der Waals surface area (Å²) in [4.78, 5) is 23.9. The third kappa shape index (κ3) is 1.79. The fraction of sp³-hybridized carbons (Fsp3) is 0.467. The molecule has 2 saturated carbocycles. The number of anilines is 1. The van der Waals surface area contributed by atoms with Crippen LogP contribution in [0.25, 0.3) is 0 Å². The minimum atomic E-state index is -0.0298. The molecule has 1 N–H and O–H groups in total. The Hall–Kier alpha value is -1.35. The van der Waals surface area contributed by atoms with Crippen LogP contribution in [0, 0.1) is 17.8 Å². The number of carbonyl (C=O) groups is 2. The van der Waals surface area contributed by atoms with Crippen molar-refractivity contribution in [1.29, 1.82) is 0 Å². The van der Waals surface area contributed by atoms with Crippen LogP contribution in [0.4, 0.5) is 5.69 Å². The van der Waals surface area contributed by atoms with Crippen LogP contribution in [0.3, 0.4) is 0 Å². The van der Waals surface area contributed by atoms with Crippen LogP contribution >= 0.6 is 11.6 Å². The van der Waals surface area contributed by atoms with E-state index in [4.69, 9.17) is 11.6 Å². The van der Waals surface area contributed by atoms with Gasteiger partial charge in [-0.3, -0.25) is 9.59 Å². The van der Waals surface area contributed by atoms with Gasteiger partial charge in [0.15, 0.2) is 5.78 Å². The second-order valence-electron chi connectivity index (χ2n) is 6.00. The van der Waals surface area contributed by atoms with Gasteiger partial charge < -0.3 is 5.32 Å². The summed E-state index contributed by atoms with van der Waals surface area (Å²) in [5.41, 5.74) is 2.24. The van der Waals surface area contributed by atoms with Crippen LogP contribution in [0.1, 0.15) is 35.2 Å². The van der Waals surface area contributed by atoms with E-state index < -0.39 is 0 Å². The molecule has 19 heavy (non-hydrogen) atoms. The molecule has 1 aromatic carbocycles. The monoisotopic (exact) mass is 275 g/mol. The minimum absolute atomic E-state index is 0.0298. The summed E-state index contributed by atoms with van der Waals surface area (Å²) in [7, 11) is 0. The lowest BCUT2D eigenvalue weighted by atomic mass is 9.92. The number of fused-ring (bicyclic) bond motifs is 2. The lowest BCUT2D eigenvalue weighted by Crippen LogP contribution is -2.13. The maximum Gasteiger partial charge on any atom is 0.228 e. The Morgan fingerprint density at radius 1 is 1.21 bits per heavy atom. The molecule has 4 heteroatoms. The van der Waals surface area contributed by atoms with Crippen LogP contribution < -0.4 is 5.32 Å². The lowest BCUT2D eigenvalue weighted by Gasteiger charge is -2.13. The Kier molecular flexibility index (Phi) is 2.31. The normalized spacial score (nSPS) is 30.8. The zero-order valence-corrected chi connectivity index (χ0v) is 11.2. The number of Topliss-reactive ketones (excluding diaryl/α,β-unsaturated/α-hetero) is 1. The van der Waals surface area contributed by atoms with Crippen LogP contribution in [-0.2, 0) is 11.2 Å². The molecule has 1 amide bonds. The Balaban J connectivity index is 1.66. The van der Waals surface area contributed by atoms with Crippen LogP contribution in [0.15, 0.2) is 12.1 Å². The first-order chi connectivity index (χ1) is 9.11. The number of carbonyl (C=O) groups excluding carboxylic acids is 2. The molecule has 1 aromatic rings. The van der Waals surface area contributed by atoms with E-state index in [1.165, 1.54) is 6.42 Å². The zero-order valence-electron chi connectivity index (χ0n) is 10.4. The molecule has 0 bridgehead atoms. The Labute approximate surface area is 116 Å². The summed E-state index contributed by atoms with van der Waals surface area (Å²) in [6.07, 6.45) is 3.70. The van der Waals surface area contributed by atoms with Gasteiger partial charge in [-0.05, 0) is 48.8 Å². The molecule has 0 saturated heterocycles. The first-order valence-corrected chi connectivity index (χ1v) is 7.16. The van der Waals surface area contributed by atoms with Gasteiger partial charge in [0.2, 0.25) is 5.91 Å². The molecule has 2 atom stereocenters. The molecule has 98 valence electrons. The van der Waals surface area contributed by atoms with E-state index >= 15 is 0 Å². The Morgan fingerprint density at radius 2 is 1.95 bits per heavy atom. The molecular formula is C15H14ClNO2. The first kappa shape index (κ1) is 11.5. The van der Waals surface area contributed by atoms with Gasteiger partial charge >= 0.3 is 0 Å². The third-order valence-corrected chi connectivity index (χ3v) is 5.01. The first-order valence-electron chi connectivity index (χ1n) is 6.78. The van der Waals surface area contributed by atoms with E-state index in [0.29, 0.717) is 17.0 Å². The van der Waals surface area contributed by atoms with Crippen molar-refractivity contribution in [2.45, 2.75) is 25.7 Å². The maximum atomic E-state index is 12.5. The highest BCUT2D eigenvalue weighted by Gasteiger charge is 2.48. The number of ketones is 1. The lowest BCUT2D eigenvalue weighted by molar-refractivity contribution is -0.115. The average molecular weight is 276 g/mol. The van der Waals surface area contributed by atoms with E-state index in [2.05, 4.69) is 5.32 Å². The van der Waals surface area contributed by atoms with Gasteiger partial charge in [-0.2, -0.15) is 0 Å². The zero-order chi connectivity index (χ0) is 13.1. The second-order valence-corrected chi connectivity index (χ2v) is 6.41. The highest BCUT2D eigenvalue weighted by atomic mass is 35.5. The number of nitrogens with one attached hydrogen (secondary N) is 1. The van der Waals surface area contributed by atoms with Crippen molar-refractivity contribution in [3.05, 3.63) is 28.3 Å². The van der Waals surface area contributed by atoms with Gasteiger partial charge in [0.25, 0.3) is 0 Å². The number of hydrogen-bond donors (Lipinski definition) is 1. The van der Waals surface area contributed by atoms with E-state index in [-0.39, 0.29) is 17.6 Å². The van der Waals surface area contributed by atoms with E-state index in [1.54, 1.807) is 6.07 Å². The fourth-order valence-corrected chi connectivity index (χ4v) is 3.84. The molecule has 0 aromatic heterocycles. The van der Waals surface area contributed by atoms with Gasteiger partial charge in [-0.1, -0.05) is 11.6 Å². The van der Waals surface area contributed by atoms with Crippen molar-refractivity contribution in [3.63, 3.8) is 0 Å². The predicted molar refractivity (Wildman–Crippen MR) is 72.4 cm³/mol. The van der Waals surface area contributed by atoms with E-state index in [9.17, 15) is 9.59 Å². The largest absolute Gasteiger partial charge is 0.325 e. The van der Waals surface area contributed by atoms with Crippen molar-refractivity contribution >= 4 is 29.0 Å². The number of rotatable bonds is 2. The topological polar surface area (TPSA) is 46.2 Å². The molecule has 4 rings (SSSR count). The van der Waals surface area contributed by atoms with Gasteiger partial charge in [0.05, 0.1) is 11.4 Å². The second kappa shape index (κ2) is 3.83. The summed E-state index contributed by atoms with van der Waals surface area (Å²) in [5.74, 6) is 1.84. The number of amides is 1. The van der Waals surface area contributed by atoms with Gasteiger partial charge in [-0.25, -0.2) is 0 Å². The smallest absolute Gasteiger partial charge is 0.228 e. The highest BCUT2D eigenvalue weighted by Crippen LogP contribution is 2.55. The van der Waals surface area contributed by atoms with Crippen molar-refractivity contribution in [2.24, 2.45) is 17.8 Å². The summed E-state index contributed by atoms with van der Waals surface area (Å²) >= 11 is 6.20. The highest BCUT2D eigenvalue weighted by molar-refractivity contribution is 6.34. The summed E-state index contributed by atoms with van der Waals surface area (Å²) in [5, 5.41) is 3.22. The van der Waals surface area contributed by atoms with Crippen molar-refractivity contribution in [1.82, 2.24) is 0 Å². The molecular weight excluding hydrogens is 262 g/mol. The fourth-order valence-electron chi connectivity index (χ4n) is 3.59. The molecule has 2 unspecified atom stereocenters. The van der Waals surface area contributed by atoms with Crippen molar-refractivity contribution in [2.75, 3.05) is 5.32 Å². The molecule has 2 aliphatic carbocycles. The third-order valence-electron chi connectivity index (χ3n) is 4.70. The van der Waals surface area contributed by atoms with Crippen molar-refractivity contribution < 1.29 is 9.59 Å². The quantitative estimate of drug-likeness (QED) is 0.843. The molecule has 3 nitrogen and oxygen atoms in total. The summed E-state index contributed by atoms with van der Waals surface area (Å²) in [6, 6.07) is 3.52. The maximum absolute atomic E-state index is 12.5. The number of hydrogen-bond acceptors (Lipinski definition) is 2. The molecule has 3 aliphatic rings. The van der Waals surface area contributed by atoms with Gasteiger partial charge in [0.1, 0.15) is 0 Å². The molecule has 1 aliphatic heterocycles. The minimum Gasteiger partial charge on any atom is -0.325 e. The van der Waals surface area contributed by atoms with Crippen LogP contribution in [0.5, 0.6) is 0 Å². The van der Waals surface area contributed by atoms with E-state index in [0.717, 1.165) is 35.9 Å². The Bertz CT molecular complexity index is 600. The molecule has 0 spiro atoms. The van der Waals surface area contributed by atoms with Crippen LogP contribution in [0.2, 0.25) is 5.02 Å². The molecule has 0 radical (unpaired) electrons. The summed E-state index contributed by atoms with van der Waals surface area (Å²) < 4.78 is 0. The average Bonchev–Trinajstić information content (AvgIpc) is 2.81. The summed E-state index contributed by atoms with van der Waals surface area (Å²) in [6.45, 7) is 0. The van der Waals surface area contributed by atoms with Crippen molar-refractivity contribution in [3.8, 4) is 0 Å². The van der Waals surface area contributed by atoms with Crippen LogP contribution in [-0.4, -0.2) is 11.7 Å².